The molecular weight excluding hydrogens is 310 g/mol. The topological polar surface area (TPSA) is 40.7 Å². The zero-order chi connectivity index (χ0) is 16.4. The minimum atomic E-state index is -1.66. The standard InChI is InChI=1S/C16H13F4N3/c17-12-14(13(18)16(20)23-15(12)19)21-7-3-4-9-8-22-11-6-2-1-5-10(9)11/h1-2,5-6,8,22H,3-4,7H2,(H,21,23). The zero-order valence-electron chi connectivity index (χ0n) is 12.0. The van der Waals surface area contributed by atoms with Gasteiger partial charge in [0, 0.05) is 23.6 Å². The third-order valence-electron chi connectivity index (χ3n) is 3.60. The molecule has 3 nitrogen and oxygen atoms in total. The van der Waals surface area contributed by atoms with E-state index < -0.39 is 29.2 Å². The quantitative estimate of drug-likeness (QED) is 0.420. The summed E-state index contributed by atoms with van der Waals surface area (Å²) in [6, 6.07) is 7.76. The van der Waals surface area contributed by atoms with Crippen molar-refractivity contribution in [1.29, 1.82) is 0 Å². The van der Waals surface area contributed by atoms with Crippen molar-refractivity contribution < 1.29 is 17.6 Å². The summed E-state index contributed by atoms with van der Waals surface area (Å²) in [4.78, 5) is 5.64. The van der Waals surface area contributed by atoms with E-state index in [1.165, 1.54) is 0 Å². The van der Waals surface area contributed by atoms with Gasteiger partial charge in [-0.3, -0.25) is 0 Å². The Morgan fingerprint density at radius 3 is 2.43 bits per heavy atom. The molecule has 0 spiro atoms. The van der Waals surface area contributed by atoms with Gasteiger partial charge >= 0.3 is 0 Å². The SMILES string of the molecule is Fc1nc(F)c(F)c(NCCCc2c[nH]c3ccccc23)c1F. The second-order valence-corrected chi connectivity index (χ2v) is 5.09. The van der Waals surface area contributed by atoms with E-state index in [0.29, 0.717) is 12.8 Å². The largest absolute Gasteiger partial charge is 0.380 e. The lowest BCUT2D eigenvalue weighted by molar-refractivity contribution is 0.410. The summed E-state index contributed by atoms with van der Waals surface area (Å²) < 4.78 is 52.9. The van der Waals surface area contributed by atoms with E-state index >= 15 is 0 Å². The van der Waals surface area contributed by atoms with E-state index in [0.717, 1.165) is 16.5 Å². The van der Waals surface area contributed by atoms with E-state index in [2.05, 4.69) is 15.3 Å². The molecule has 120 valence electrons. The summed E-state index contributed by atoms with van der Waals surface area (Å²) >= 11 is 0. The number of rotatable bonds is 5. The van der Waals surface area contributed by atoms with Gasteiger partial charge in [0.1, 0.15) is 5.69 Å². The lowest BCUT2D eigenvalue weighted by Crippen LogP contribution is -2.11. The molecule has 0 bridgehead atoms. The molecule has 0 amide bonds. The van der Waals surface area contributed by atoms with Crippen LogP contribution < -0.4 is 5.32 Å². The fourth-order valence-electron chi connectivity index (χ4n) is 2.47. The second-order valence-electron chi connectivity index (χ2n) is 5.09. The number of hydrogen-bond acceptors (Lipinski definition) is 2. The van der Waals surface area contributed by atoms with Gasteiger partial charge < -0.3 is 10.3 Å². The summed E-state index contributed by atoms with van der Waals surface area (Å²) in [5.41, 5.74) is 1.25. The first kappa shape index (κ1) is 15.3. The molecule has 0 aliphatic carbocycles. The molecule has 3 rings (SSSR count). The summed E-state index contributed by atoms with van der Waals surface area (Å²) in [5.74, 6) is -6.36. The van der Waals surface area contributed by atoms with Gasteiger partial charge in [0.2, 0.25) is 11.6 Å². The molecule has 1 aromatic carbocycles. The van der Waals surface area contributed by atoms with Crippen LogP contribution in [0.4, 0.5) is 23.2 Å². The molecule has 0 atom stereocenters. The van der Waals surface area contributed by atoms with Crippen molar-refractivity contribution in [3.05, 3.63) is 59.6 Å². The van der Waals surface area contributed by atoms with E-state index in [9.17, 15) is 17.6 Å². The highest BCUT2D eigenvalue weighted by Crippen LogP contribution is 2.22. The lowest BCUT2D eigenvalue weighted by Gasteiger charge is -2.09. The normalized spacial score (nSPS) is 11.1. The van der Waals surface area contributed by atoms with Crippen LogP contribution in [0.2, 0.25) is 0 Å². The van der Waals surface area contributed by atoms with Gasteiger partial charge in [-0.05, 0) is 24.5 Å². The summed E-state index contributed by atoms with van der Waals surface area (Å²) in [6.45, 7) is 0.163. The van der Waals surface area contributed by atoms with E-state index in [-0.39, 0.29) is 6.54 Å². The third-order valence-corrected chi connectivity index (χ3v) is 3.60. The number of aromatic amines is 1. The number of benzene rings is 1. The first-order valence-electron chi connectivity index (χ1n) is 7.06. The minimum absolute atomic E-state index is 0.163. The highest BCUT2D eigenvalue weighted by Gasteiger charge is 2.20. The summed E-state index contributed by atoms with van der Waals surface area (Å²) in [6.07, 6.45) is 3.06. The maximum Gasteiger partial charge on any atom is 0.253 e. The fourth-order valence-corrected chi connectivity index (χ4v) is 2.47. The van der Waals surface area contributed by atoms with Gasteiger partial charge in [0.25, 0.3) is 11.9 Å². The molecule has 0 fully saturated rings. The van der Waals surface area contributed by atoms with E-state index in [4.69, 9.17) is 0 Å². The summed E-state index contributed by atoms with van der Waals surface area (Å²) in [7, 11) is 0. The zero-order valence-corrected chi connectivity index (χ0v) is 12.0. The van der Waals surface area contributed by atoms with Crippen LogP contribution in [0.1, 0.15) is 12.0 Å². The Morgan fingerprint density at radius 2 is 1.70 bits per heavy atom. The number of aromatic nitrogens is 2. The predicted octanol–water partition coefficient (Wildman–Crippen LogP) is 4.16. The summed E-state index contributed by atoms with van der Waals surface area (Å²) in [5, 5.41) is 3.47. The first-order chi connectivity index (χ1) is 11.1. The molecule has 2 N–H and O–H groups in total. The first-order valence-corrected chi connectivity index (χ1v) is 7.06. The van der Waals surface area contributed by atoms with Crippen LogP contribution in [0.3, 0.4) is 0 Å². The molecule has 0 saturated heterocycles. The van der Waals surface area contributed by atoms with Gasteiger partial charge in [-0.25, -0.2) is 0 Å². The van der Waals surface area contributed by atoms with Gasteiger partial charge in [-0.15, -0.1) is 0 Å². The van der Waals surface area contributed by atoms with Crippen molar-refractivity contribution in [3.8, 4) is 0 Å². The molecule has 2 heterocycles. The Kier molecular flexibility index (Phi) is 4.18. The number of pyridine rings is 1. The van der Waals surface area contributed by atoms with Crippen LogP contribution in [-0.2, 0) is 6.42 Å². The maximum absolute atomic E-state index is 13.4. The molecule has 0 aliphatic heterocycles. The molecule has 3 aromatic rings. The van der Waals surface area contributed by atoms with Crippen LogP contribution in [0.25, 0.3) is 10.9 Å². The molecule has 0 radical (unpaired) electrons. The number of nitrogens with zero attached hydrogens (tertiary/aromatic N) is 1. The molecule has 0 unspecified atom stereocenters. The monoisotopic (exact) mass is 323 g/mol. The Morgan fingerprint density at radius 1 is 1.00 bits per heavy atom. The fraction of sp³-hybridized carbons (Fsp3) is 0.188. The predicted molar refractivity (Wildman–Crippen MR) is 79.2 cm³/mol. The smallest absolute Gasteiger partial charge is 0.253 e. The van der Waals surface area contributed by atoms with Crippen molar-refractivity contribution in [3.63, 3.8) is 0 Å². The minimum Gasteiger partial charge on any atom is -0.380 e. The average Bonchev–Trinajstić information content (AvgIpc) is 2.96. The average molecular weight is 323 g/mol. The molecule has 7 heteroatoms. The van der Waals surface area contributed by atoms with Crippen LogP contribution in [0.5, 0.6) is 0 Å². The van der Waals surface area contributed by atoms with Crippen LogP contribution in [-0.4, -0.2) is 16.5 Å². The van der Waals surface area contributed by atoms with Crippen LogP contribution >= 0.6 is 0 Å². The Bertz CT molecular complexity index is 818. The van der Waals surface area contributed by atoms with Crippen LogP contribution in [0.15, 0.2) is 30.5 Å². The lowest BCUT2D eigenvalue weighted by atomic mass is 10.1. The highest BCUT2D eigenvalue weighted by atomic mass is 19.2. The Balaban J connectivity index is 1.65. The number of aryl methyl sites for hydroxylation is 1. The number of hydrogen-bond donors (Lipinski definition) is 2. The third kappa shape index (κ3) is 2.99. The number of H-pyrrole nitrogens is 1. The molecule has 0 aliphatic rings. The number of fused-ring (bicyclic) bond motifs is 1. The number of para-hydroxylation sites is 1. The van der Waals surface area contributed by atoms with Crippen molar-refractivity contribution in [1.82, 2.24) is 9.97 Å². The van der Waals surface area contributed by atoms with Crippen molar-refractivity contribution in [2.24, 2.45) is 0 Å². The van der Waals surface area contributed by atoms with Gasteiger partial charge in [0.05, 0.1) is 0 Å². The van der Waals surface area contributed by atoms with Gasteiger partial charge in [-0.2, -0.15) is 22.5 Å². The molecular formula is C16H13F4N3. The van der Waals surface area contributed by atoms with Gasteiger partial charge in [-0.1, -0.05) is 18.2 Å². The number of nitrogens with one attached hydrogen (secondary N) is 2. The molecule has 2 aromatic heterocycles. The maximum atomic E-state index is 13.4. The van der Waals surface area contributed by atoms with Crippen LogP contribution in [0, 0.1) is 23.5 Å². The van der Waals surface area contributed by atoms with Crippen molar-refractivity contribution in [2.75, 3.05) is 11.9 Å². The number of anilines is 1. The van der Waals surface area contributed by atoms with Crippen molar-refractivity contribution >= 4 is 16.6 Å². The molecule has 23 heavy (non-hydrogen) atoms. The molecule has 0 saturated carbocycles. The van der Waals surface area contributed by atoms with E-state index in [1.54, 1.807) is 0 Å². The Hall–Kier alpha value is -2.57. The van der Waals surface area contributed by atoms with Gasteiger partial charge in [0.15, 0.2) is 0 Å². The highest BCUT2D eigenvalue weighted by molar-refractivity contribution is 5.83. The van der Waals surface area contributed by atoms with Crippen molar-refractivity contribution in [2.45, 2.75) is 12.8 Å². The second kappa shape index (κ2) is 6.28. The number of halogens is 4. The van der Waals surface area contributed by atoms with E-state index in [1.807, 2.05) is 30.5 Å². The Labute approximate surface area is 129 Å².